The van der Waals surface area contributed by atoms with Gasteiger partial charge in [-0.2, -0.15) is 5.10 Å². The molecule has 1 aliphatic rings. The summed E-state index contributed by atoms with van der Waals surface area (Å²) in [5.74, 6) is 0.430. The van der Waals surface area contributed by atoms with Gasteiger partial charge in [-0.3, -0.25) is 9.89 Å². The Morgan fingerprint density at radius 3 is 3.09 bits per heavy atom. The van der Waals surface area contributed by atoms with E-state index in [4.69, 9.17) is 0 Å². The molecule has 10 heteroatoms. The normalized spacial score (nSPS) is 20.0. The fraction of sp³-hybridized carbons (Fsp3) is 0.750. The van der Waals surface area contributed by atoms with E-state index in [1.807, 2.05) is 0 Å². The average molecular weight is 347 g/mol. The van der Waals surface area contributed by atoms with Crippen LogP contribution in [-0.2, 0) is 14.8 Å². The molecule has 2 N–H and O–H groups in total. The molecule has 0 aliphatic carbocycles. The minimum absolute atomic E-state index is 0.0748. The molecule has 22 heavy (non-hydrogen) atoms. The summed E-state index contributed by atoms with van der Waals surface area (Å²) in [5, 5.41) is 10.1. The number of nitrogens with one attached hydrogen (secondary N) is 2. The molecular weight excluding hydrogens is 326 g/mol. The van der Waals surface area contributed by atoms with E-state index < -0.39 is 10.0 Å². The van der Waals surface area contributed by atoms with Crippen molar-refractivity contribution in [3.63, 3.8) is 0 Å². The summed E-state index contributed by atoms with van der Waals surface area (Å²) in [4.78, 5) is 16.1. The van der Waals surface area contributed by atoms with E-state index >= 15 is 0 Å². The zero-order valence-electron chi connectivity index (χ0n) is 12.5. The molecule has 0 bridgehead atoms. The number of carbonyl (C=O) groups is 1. The first-order valence-corrected chi connectivity index (χ1v) is 9.86. The lowest BCUT2D eigenvalue weighted by atomic mass is 9.99. The van der Waals surface area contributed by atoms with Gasteiger partial charge in [-0.15, -0.1) is 0 Å². The van der Waals surface area contributed by atoms with Crippen LogP contribution in [0.1, 0.15) is 19.8 Å². The predicted octanol–water partition coefficient (Wildman–Crippen LogP) is 0.0747. The summed E-state index contributed by atoms with van der Waals surface area (Å²) in [7, 11) is -3.21. The monoisotopic (exact) mass is 347 g/mol. The molecule has 0 unspecified atom stereocenters. The van der Waals surface area contributed by atoms with Gasteiger partial charge in [0.2, 0.25) is 15.9 Å². The molecule has 1 aliphatic heterocycles. The second-order valence-electron chi connectivity index (χ2n) is 5.03. The Morgan fingerprint density at radius 2 is 2.41 bits per heavy atom. The highest BCUT2D eigenvalue weighted by Crippen LogP contribution is 2.19. The van der Waals surface area contributed by atoms with Gasteiger partial charge in [-0.05, 0) is 19.8 Å². The average Bonchev–Trinajstić information content (AvgIpc) is 3.05. The summed E-state index contributed by atoms with van der Waals surface area (Å²) in [6.45, 7) is 2.94. The first-order valence-electron chi connectivity index (χ1n) is 7.26. The van der Waals surface area contributed by atoms with Crippen LogP contribution in [0.3, 0.4) is 0 Å². The Hall–Kier alpha value is -1.13. The number of thioether (sulfide) groups is 1. The Balaban J connectivity index is 1.74. The quantitative estimate of drug-likeness (QED) is 0.534. The van der Waals surface area contributed by atoms with Crippen LogP contribution in [-0.4, -0.2) is 65.0 Å². The molecule has 0 aromatic carbocycles. The van der Waals surface area contributed by atoms with Crippen molar-refractivity contribution in [1.82, 2.24) is 24.8 Å². The summed E-state index contributed by atoms with van der Waals surface area (Å²) < 4.78 is 25.2. The maximum Gasteiger partial charge on any atom is 0.224 e. The van der Waals surface area contributed by atoms with Crippen LogP contribution >= 0.6 is 11.8 Å². The second kappa shape index (κ2) is 7.93. The maximum absolute atomic E-state index is 12.1. The first-order chi connectivity index (χ1) is 10.5. The van der Waals surface area contributed by atoms with Gasteiger partial charge < -0.3 is 5.32 Å². The summed E-state index contributed by atoms with van der Waals surface area (Å²) >= 11 is 1.47. The molecule has 1 amide bonds. The molecule has 0 spiro atoms. The molecule has 2 heterocycles. The van der Waals surface area contributed by atoms with Gasteiger partial charge in [0.15, 0.2) is 5.16 Å². The Bertz CT molecular complexity index is 576. The number of aromatic amines is 1. The third kappa shape index (κ3) is 4.68. The third-order valence-corrected chi connectivity index (χ3v) is 6.27. The van der Waals surface area contributed by atoms with E-state index in [2.05, 4.69) is 20.5 Å². The van der Waals surface area contributed by atoms with Crippen LogP contribution in [0.15, 0.2) is 11.5 Å². The van der Waals surface area contributed by atoms with E-state index in [-0.39, 0.29) is 24.1 Å². The zero-order chi connectivity index (χ0) is 16.0. The number of nitrogens with zero attached hydrogens (tertiary/aromatic N) is 3. The molecule has 8 nitrogen and oxygen atoms in total. The number of aromatic nitrogens is 3. The van der Waals surface area contributed by atoms with Gasteiger partial charge in [0.05, 0.1) is 11.7 Å². The fourth-order valence-electron chi connectivity index (χ4n) is 2.32. The van der Waals surface area contributed by atoms with E-state index in [0.717, 1.165) is 12.8 Å². The zero-order valence-corrected chi connectivity index (χ0v) is 14.1. The van der Waals surface area contributed by atoms with Gasteiger partial charge >= 0.3 is 0 Å². The van der Waals surface area contributed by atoms with Crippen LogP contribution in [0.2, 0.25) is 0 Å². The van der Waals surface area contributed by atoms with E-state index in [1.165, 1.54) is 22.4 Å². The van der Waals surface area contributed by atoms with Crippen molar-refractivity contribution in [1.29, 1.82) is 0 Å². The summed E-state index contributed by atoms with van der Waals surface area (Å²) in [6.07, 6.45) is 2.90. The van der Waals surface area contributed by atoms with Crippen molar-refractivity contribution in [3.8, 4) is 0 Å². The van der Waals surface area contributed by atoms with Crippen LogP contribution in [0.5, 0.6) is 0 Å². The van der Waals surface area contributed by atoms with Gasteiger partial charge in [0.1, 0.15) is 6.33 Å². The molecule has 1 aromatic heterocycles. The van der Waals surface area contributed by atoms with Crippen LogP contribution < -0.4 is 5.32 Å². The molecule has 1 atom stereocenters. The third-order valence-electron chi connectivity index (χ3n) is 3.55. The second-order valence-corrected chi connectivity index (χ2v) is 8.37. The van der Waals surface area contributed by atoms with Crippen molar-refractivity contribution in [2.75, 3.05) is 31.1 Å². The molecule has 1 aromatic rings. The van der Waals surface area contributed by atoms with E-state index in [1.54, 1.807) is 6.92 Å². The fourth-order valence-corrected chi connectivity index (χ4v) is 4.14. The first kappa shape index (κ1) is 17.2. The lowest BCUT2D eigenvalue weighted by Crippen LogP contribution is -2.46. The van der Waals surface area contributed by atoms with Crippen molar-refractivity contribution >= 4 is 27.7 Å². The van der Waals surface area contributed by atoms with Crippen LogP contribution in [0.4, 0.5) is 0 Å². The maximum atomic E-state index is 12.1. The van der Waals surface area contributed by atoms with Crippen molar-refractivity contribution in [2.24, 2.45) is 5.92 Å². The van der Waals surface area contributed by atoms with Crippen molar-refractivity contribution in [3.05, 3.63) is 6.33 Å². The highest BCUT2D eigenvalue weighted by atomic mass is 32.2. The Kier molecular flexibility index (Phi) is 6.21. The van der Waals surface area contributed by atoms with Gasteiger partial charge in [0.25, 0.3) is 0 Å². The van der Waals surface area contributed by atoms with Crippen LogP contribution in [0.25, 0.3) is 0 Å². The smallest absolute Gasteiger partial charge is 0.224 e. The number of amides is 1. The lowest BCUT2D eigenvalue weighted by Gasteiger charge is -2.30. The molecule has 2 rings (SSSR count). The number of carbonyl (C=O) groups excluding carboxylic acids is 1. The predicted molar refractivity (Wildman–Crippen MR) is 83.9 cm³/mol. The summed E-state index contributed by atoms with van der Waals surface area (Å²) in [5.41, 5.74) is 0. The minimum Gasteiger partial charge on any atom is -0.355 e. The minimum atomic E-state index is -3.21. The van der Waals surface area contributed by atoms with Gasteiger partial charge in [-0.25, -0.2) is 17.7 Å². The number of piperidine rings is 1. The Morgan fingerprint density at radius 1 is 1.59 bits per heavy atom. The van der Waals surface area contributed by atoms with E-state index in [9.17, 15) is 13.2 Å². The number of rotatable bonds is 7. The highest BCUT2D eigenvalue weighted by molar-refractivity contribution is 7.99. The molecule has 1 saturated heterocycles. The largest absolute Gasteiger partial charge is 0.355 e. The number of H-pyrrole nitrogens is 1. The Labute approximate surface area is 134 Å². The molecule has 0 radical (unpaired) electrons. The molecule has 0 saturated carbocycles. The highest BCUT2D eigenvalue weighted by Gasteiger charge is 2.31. The number of hydrogen-bond donors (Lipinski definition) is 2. The number of hydrogen-bond acceptors (Lipinski definition) is 6. The lowest BCUT2D eigenvalue weighted by molar-refractivity contribution is -0.125. The van der Waals surface area contributed by atoms with E-state index in [0.29, 0.717) is 24.0 Å². The van der Waals surface area contributed by atoms with Crippen LogP contribution in [0, 0.1) is 5.92 Å². The number of sulfonamides is 1. The molecular formula is C12H21N5O3S2. The topological polar surface area (TPSA) is 108 Å². The van der Waals surface area contributed by atoms with Gasteiger partial charge in [-0.1, -0.05) is 11.8 Å². The SMILES string of the molecule is CCS(=O)(=O)N1CCC[C@H](C(=O)NCCSc2ncn[nH]2)C1. The summed E-state index contributed by atoms with van der Waals surface area (Å²) in [6, 6.07) is 0. The van der Waals surface area contributed by atoms with Crippen molar-refractivity contribution < 1.29 is 13.2 Å². The molecule has 1 fully saturated rings. The standard InChI is InChI=1S/C12H21N5O3S2/c1-2-22(19,20)17-6-3-4-10(8-17)11(18)13-5-7-21-12-14-9-15-16-12/h9-10H,2-8H2,1H3,(H,13,18)(H,14,15,16)/t10-/m0/s1. The molecule has 124 valence electrons. The van der Waals surface area contributed by atoms with Crippen molar-refractivity contribution in [2.45, 2.75) is 24.9 Å². The van der Waals surface area contributed by atoms with Gasteiger partial charge in [0, 0.05) is 25.4 Å².